The molecule has 0 radical (unpaired) electrons. The summed E-state index contributed by atoms with van der Waals surface area (Å²) in [6, 6.07) is 17.3. The molecule has 2 amide bonds. The van der Waals surface area contributed by atoms with E-state index < -0.39 is 0 Å². The maximum absolute atomic E-state index is 11.7. The van der Waals surface area contributed by atoms with E-state index >= 15 is 0 Å². The van der Waals surface area contributed by atoms with Crippen molar-refractivity contribution in [3.63, 3.8) is 0 Å². The number of likely N-dealkylation sites (tertiary alicyclic amines) is 1. The Morgan fingerprint density at radius 3 is 2.31 bits per heavy atom. The number of pyridine rings is 2. The molecular weight excluding hydrogens is 727 g/mol. The van der Waals surface area contributed by atoms with Crippen LogP contribution in [-0.2, 0) is 29.3 Å². The zero-order valence-electron chi connectivity index (χ0n) is 28.9. The fraction of sp³-hybridized carbons (Fsp3) is 0.368. The van der Waals surface area contributed by atoms with Crippen molar-refractivity contribution in [2.75, 3.05) is 40.4 Å². The van der Waals surface area contributed by atoms with Gasteiger partial charge < -0.3 is 30.2 Å². The second-order valence-corrected chi connectivity index (χ2v) is 14.7. The summed E-state index contributed by atoms with van der Waals surface area (Å²) in [5.74, 6) is 1.36. The van der Waals surface area contributed by atoms with Crippen LogP contribution in [-0.4, -0.2) is 73.1 Å². The number of halogens is 3. The van der Waals surface area contributed by atoms with E-state index in [1.807, 2.05) is 54.6 Å². The molecule has 1 atom stereocenters. The van der Waals surface area contributed by atoms with Crippen LogP contribution < -0.4 is 30.2 Å². The Bertz CT molecular complexity index is 2010. The molecule has 52 heavy (non-hydrogen) atoms. The molecule has 0 saturated carbocycles. The zero-order valence-corrected chi connectivity index (χ0v) is 31.1. The Balaban J connectivity index is 1.04. The highest BCUT2D eigenvalue weighted by atomic mass is 35.5. The van der Waals surface area contributed by atoms with Crippen LogP contribution in [0.15, 0.2) is 54.6 Å². The summed E-state index contributed by atoms with van der Waals surface area (Å²) < 4.78 is 17.3. The maximum Gasteiger partial charge on any atom is 0.236 e. The lowest BCUT2D eigenvalue weighted by Gasteiger charge is -2.47. The average Bonchev–Trinajstić information content (AvgIpc) is 3.73. The Morgan fingerprint density at radius 2 is 1.60 bits per heavy atom. The molecule has 0 bridgehead atoms. The summed E-state index contributed by atoms with van der Waals surface area (Å²) in [5, 5.41) is 10.6. The van der Waals surface area contributed by atoms with E-state index in [2.05, 4.69) is 25.8 Å². The van der Waals surface area contributed by atoms with Gasteiger partial charge in [-0.3, -0.25) is 14.5 Å². The molecule has 3 fully saturated rings. The van der Waals surface area contributed by atoms with E-state index in [1.54, 1.807) is 14.2 Å². The number of rotatable bonds is 13. The van der Waals surface area contributed by atoms with Crippen molar-refractivity contribution >= 4 is 46.6 Å². The molecule has 7 rings (SSSR count). The zero-order chi connectivity index (χ0) is 36.4. The fourth-order valence-electron chi connectivity index (χ4n) is 7.24. The minimum absolute atomic E-state index is 0.0234. The fourth-order valence-corrected chi connectivity index (χ4v) is 8.08. The van der Waals surface area contributed by atoms with Crippen LogP contribution in [0.25, 0.3) is 22.4 Å². The molecule has 2 aromatic carbocycles. The first-order chi connectivity index (χ1) is 25.1. The van der Waals surface area contributed by atoms with Gasteiger partial charge in [0, 0.05) is 96.9 Å². The van der Waals surface area contributed by atoms with Gasteiger partial charge in [0.05, 0.1) is 30.0 Å². The van der Waals surface area contributed by atoms with Gasteiger partial charge in [0.1, 0.15) is 11.6 Å². The van der Waals surface area contributed by atoms with Crippen molar-refractivity contribution in [1.82, 2.24) is 30.8 Å². The van der Waals surface area contributed by atoms with Crippen molar-refractivity contribution < 1.29 is 23.8 Å². The van der Waals surface area contributed by atoms with E-state index in [-0.39, 0.29) is 35.8 Å². The van der Waals surface area contributed by atoms with Crippen LogP contribution in [0.3, 0.4) is 0 Å². The smallest absolute Gasteiger partial charge is 0.236 e. The lowest BCUT2D eigenvalue weighted by molar-refractivity contribution is -0.121. The van der Waals surface area contributed by atoms with Crippen molar-refractivity contribution in [2.24, 2.45) is 5.41 Å². The number of amides is 2. The van der Waals surface area contributed by atoms with E-state index in [0.29, 0.717) is 65.0 Å². The summed E-state index contributed by atoms with van der Waals surface area (Å²) >= 11 is 20.7. The molecular formula is C38H39Cl3N6O5. The third kappa shape index (κ3) is 7.65. The van der Waals surface area contributed by atoms with Crippen LogP contribution >= 0.6 is 34.8 Å². The minimum Gasteiger partial charge on any atom is -0.481 e. The van der Waals surface area contributed by atoms with Crippen LogP contribution in [0, 0.1) is 5.41 Å². The summed E-state index contributed by atoms with van der Waals surface area (Å²) in [4.78, 5) is 34.8. The Labute approximate surface area is 317 Å². The molecule has 14 heteroatoms. The quantitative estimate of drug-likeness (QED) is 0.149. The number of ether oxygens (including phenoxy) is 3. The van der Waals surface area contributed by atoms with Crippen molar-refractivity contribution in [2.45, 2.75) is 45.0 Å². The summed E-state index contributed by atoms with van der Waals surface area (Å²) in [5.41, 5.74) is 5.35. The second kappa shape index (κ2) is 15.5. The van der Waals surface area contributed by atoms with Gasteiger partial charge in [-0.25, -0.2) is 4.98 Å². The second-order valence-electron chi connectivity index (χ2n) is 13.6. The highest BCUT2D eigenvalue weighted by molar-refractivity contribution is 6.38. The normalized spacial score (nSPS) is 17.9. The van der Waals surface area contributed by atoms with Crippen molar-refractivity contribution in [3.05, 3.63) is 86.4 Å². The molecule has 272 valence electrons. The molecule has 1 spiro atoms. The van der Waals surface area contributed by atoms with E-state index in [1.165, 1.54) is 0 Å². The lowest BCUT2D eigenvalue weighted by Crippen LogP contribution is -2.56. The number of methoxy groups -OCH3 is 2. The van der Waals surface area contributed by atoms with Gasteiger partial charge in [0.25, 0.3) is 0 Å². The molecule has 4 aromatic rings. The van der Waals surface area contributed by atoms with Gasteiger partial charge in [0.15, 0.2) is 0 Å². The number of nitrogens with one attached hydrogen (secondary N) is 3. The minimum atomic E-state index is 0.0234. The van der Waals surface area contributed by atoms with Gasteiger partial charge in [-0.15, -0.1) is 0 Å². The summed E-state index contributed by atoms with van der Waals surface area (Å²) in [7, 11) is 3.16. The van der Waals surface area contributed by atoms with Gasteiger partial charge in [-0.1, -0.05) is 77.3 Å². The third-order valence-corrected chi connectivity index (χ3v) is 10.9. The first kappa shape index (κ1) is 36.2. The topological polar surface area (TPSA) is 127 Å². The number of aromatic nitrogens is 2. The number of hydrogen-bond acceptors (Lipinski definition) is 9. The van der Waals surface area contributed by atoms with Crippen LogP contribution in [0.2, 0.25) is 15.1 Å². The molecule has 3 aliphatic rings. The highest BCUT2D eigenvalue weighted by Gasteiger charge is 2.48. The van der Waals surface area contributed by atoms with Crippen LogP contribution in [0.5, 0.6) is 17.6 Å². The van der Waals surface area contributed by atoms with Crippen LogP contribution in [0.4, 0.5) is 0 Å². The predicted molar refractivity (Wildman–Crippen MR) is 200 cm³/mol. The highest BCUT2D eigenvalue weighted by Crippen LogP contribution is 2.42. The molecule has 3 saturated heterocycles. The molecule has 2 aromatic heterocycles. The SMILES string of the molecule is COc1nc(-c2cccc(-c3cccc(COc4nc(OC)c(CN5CC6(CNC(=O)C6)C5)cc4Cl)c3Cl)c2Cl)ccc1CNCC1CCC(=O)N1. The molecule has 0 aliphatic carbocycles. The van der Waals surface area contributed by atoms with E-state index in [9.17, 15) is 9.59 Å². The first-order valence-electron chi connectivity index (χ1n) is 17.1. The standard InChI is InChI=1S/C38H39Cl3N6O5/c1-50-35-22(15-42-16-25-10-12-31(48)44-25)9-11-30(45-35)28-8-4-7-27(34(28)41)26-6-3-5-23(33(26)40)18-52-37-29(39)13-24(36(46-37)51-2)17-47-20-38(21-47)14-32(49)43-19-38/h3-9,11,13,25,42H,10,12,14-21H2,1-2H3,(H,43,49)(H,44,48). The monoisotopic (exact) mass is 764 g/mol. The summed E-state index contributed by atoms with van der Waals surface area (Å²) in [6.07, 6.45) is 1.96. The van der Waals surface area contributed by atoms with Crippen LogP contribution in [0.1, 0.15) is 36.0 Å². The summed E-state index contributed by atoms with van der Waals surface area (Å²) in [6.45, 7) is 4.29. The number of nitrogens with zero attached hydrogens (tertiary/aromatic N) is 3. The molecule has 1 unspecified atom stereocenters. The number of carbonyl (C=O) groups excluding carboxylic acids is 2. The Hall–Kier alpha value is -4.13. The van der Waals surface area contributed by atoms with Gasteiger partial charge in [-0.2, -0.15) is 4.98 Å². The molecule has 3 aliphatic heterocycles. The molecule has 11 nitrogen and oxygen atoms in total. The van der Waals surface area contributed by atoms with Gasteiger partial charge in [0.2, 0.25) is 29.5 Å². The van der Waals surface area contributed by atoms with Crippen molar-refractivity contribution in [3.8, 4) is 40.0 Å². The Kier molecular flexibility index (Phi) is 10.8. The first-order valence-corrected chi connectivity index (χ1v) is 18.2. The number of carbonyl (C=O) groups is 2. The number of hydrogen-bond donors (Lipinski definition) is 3. The average molecular weight is 766 g/mol. The third-order valence-electron chi connectivity index (χ3n) is 9.82. The van der Waals surface area contributed by atoms with E-state index in [4.69, 9.17) is 54.0 Å². The maximum atomic E-state index is 11.7. The molecule has 5 heterocycles. The van der Waals surface area contributed by atoms with Gasteiger partial charge in [-0.05, 0) is 18.6 Å². The van der Waals surface area contributed by atoms with Crippen molar-refractivity contribution in [1.29, 1.82) is 0 Å². The lowest BCUT2D eigenvalue weighted by atomic mass is 9.79. The predicted octanol–water partition coefficient (Wildman–Crippen LogP) is 6.06. The Morgan fingerprint density at radius 1 is 0.865 bits per heavy atom. The largest absolute Gasteiger partial charge is 0.481 e. The van der Waals surface area contributed by atoms with E-state index in [0.717, 1.165) is 59.4 Å². The van der Waals surface area contributed by atoms with Gasteiger partial charge >= 0.3 is 0 Å². The molecule has 3 N–H and O–H groups in total. The number of benzene rings is 2.